The number of ether oxygens (including phenoxy) is 4. The highest BCUT2D eigenvalue weighted by Crippen LogP contribution is 2.42. The molecule has 0 saturated carbocycles. The van der Waals surface area contributed by atoms with Gasteiger partial charge in [-0.2, -0.15) is 0 Å². The van der Waals surface area contributed by atoms with Gasteiger partial charge in [0.25, 0.3) is 0 Å². The van der Waals surface area contributed by atoms with Gasteiger partial charge in [-0.05, 0) is 24.3 Å². The van der Waals surface area contributed by atoms with Crippen molar-refractivity contribution in [3.63, 3.8) is 0 Å². The van der Waals surface area contributed by atoms with Crippen LogP contribution in [-0.2, 0) is 0 Å². The zero-order valence-electron chi connectivity index (χ0n) is 17.0. The summed E-state index contributed by atoms with van der Waals surface area (Å²) in [5.74, 6) is 2.61. The largest absolute Gasteiger partial charge is 0.502 e. The lowest BCUT2D eigenvalue weighted by Crippen LogP contribution is -2.15. The van der Waals surface area contributed by atoms with Gasteiger partial charge in [0.1, 0.15) is 24.7 Å². The number of anilines is 2. The van der Waals surface area contributed by atoms with Gasteiger partial charge in [-0.15, -0.1) is 0 Å². The van der Waals surface area contributed by atoms with E-state index in [1.54, 1.807) is 24.5 Å². The Morgan fingerprint density at radius 3 is 2.52 bits per heavy atom. The maximum absolute atomic E-state index is 10.3. The predicted molar refractivity (Wildman–Crippen MR) is 114 cm³/mol. The van der Waals surface area contributed by atoms with Gasteiger partial charge in [-0.3, -0.25) is 9.38 Å². The molecule has 9 heteroatoms. The number of phenols is 1. The Morgan fingerprint density at radius 2 is 1.77 bits per heavy atom. The highest BCUT2D eigenvalue weighted by atomic mass is 16.6. The van der Waals surface area contributed by atoms with Crippen LogP contribution < -0.4 is 24.3 Å². The zero-order valence-corrected chi connectivity index (χ0v) is 17.0. The smallest absolute Gasteiger partial charge is 0.200 e. The van der Waals surface area contributed by atoms with Crippen molar-refractivity contribution in [1.82, 2.24) is 14.4 Å². The average Bonchev–Trinajstić information content (AvgIpc) is 3.17. The van der Waals surface area contributed by atoms with Gasteiger partial charge in [-0.25, -0.2) is 4.98 Å². The molecule has 31 heavy (non-hydrogen) atoms. The van der Waals surface area contributed by atoms with Crippen molar-refractivity contribution in [2.24, 2.45) is 0 Å². The highest BCUT2D eigenvalue weighted by molar-refractivity contribution is 5.82. The number of methoxy groups -OCH3 is 2. The maximum Gasteiger partial charge on any atom is 0.200 e. The standard InChI is InChI=1S/C22H20N4O5/c1-28-17-9-13(10-18(29-2)21(17)27)20-22(26-6-5-23-12-19(26)25-20)24-14-3-4-15-16(11-14)31-8-7-30-15/h3-6,9-12,24,27H,7-8H2,1-2H3. The summed E-state index contributed by atoms with van der Waals surface area (Å²) in [6.45, 7) is 1.05. The molecule has 5 rings (SSSR count). The number of phenolic OH excluding ortho intramolecular Hbond substituents is 1. The van der Waals surface area contributed by atoms with E-state index in [4.69, 9.17) is 23.9 Å². The average molecular weight is 420 g/mol. The molecular weight excluding hydrogens is 400 g/mol. The molecule has 2 aromatic heterocycles. The third-order valence-corrected chi connectivity index (χ3v) is 4.99. The molecule has 3 heterocycles. The van der Waals surface area contributed by atoms with Gasteiger partial charge in [0.05, 0.1) is 20.4 Å². The van der Waals surface area contributed by atoms with E-state index in [1.165, 1.54) is 14.2 Å². The number of rotatable bonds is 5. The van der Waals surface area contributed by atoms with Crippen LogP contribution >= 0.6 is 0 Å². The molecule has 2 aromatic carbocycles. The van der Waals surface area contributed by atoms with E-state index in [2.05, 4.69) is 10.3 Å². The Bertz CT molecular complexity index is 1250. The lowest BCUT2D eigenvalue weighted by molar-refractivity contribution is 0.171. The number of nitrogens with one attached hydrogen (secondary N) is 1. The van der Waals surface area contributed by atoms with Gasteiger partial charge < -0.3 is 29.4 Å². The van der Waals surface area contributed by atoms with Crippen LogP contribution in [0.1, 0.15) is 0 Å². The van der Waals surface area contributed by atoms with Crippen molar-refractivity contribution in [1.29, 1.82) is 0 Å². The fraction of sp³-hybridized carbons (Fsp3) is 0.182. The fourth-order valence-electron chi connectivity index (χ4n) is 3.52. The number of hydrogen-bond acceptors (Lipinski definition) is 8. The van der Waals surface area contributed by atoms with Crippen LogP contribution in [0.3, 0.4) is 0 Å². The fourth-order valence-corrected chi connectivity index (χ4v) is 3.52. The molecule has 0 unspecified atom stereocenters. The maximum atomic E-state index is 10.3. The Kier molecular flexibility index (Phi) is 4.62. The molecule has 0 bridgehead atoms. The van der Waals surface area contributed by atoms with Gasteiger partial charge in [0.2, 0.25) is 5.75 Å². The van der Waals surface area contributed by atoms with Gasteiger partial charge in [-0.1, -0.05) is 0 Å². The van der Waals surface area contributed by atoms with Crippen LogP contribution in [0.4, 0.5) is 11.5 Å². The molecule has 2 N–H and O–H groups in total. The van der Waals surface area contributed by atoms with Gasteiger partial charge >= 0.3 is 0 Å². The number of benzene rings is 2. The van der Waals surface area contributed by atoms with Crippen LogP contribution in [-0.4, -0.2) is 46.9 Å². The second-order valence-corrected chi connectivity index (χ2v) is 6.83. The van der Waals surface area contributed by atoms with Crippen LogP contribution in [0.15, 0.2) is 48.9 Å². The van der Waals surface area contributed by atoms with Crippen molar-refractivity contribution in [2.75, 3.05) is 32.8 Å². The third-order valence-electron chi connectivity index (χ3n) is 4.99. The first kappa shape index (κ1) is 18.9. The molecule has 0 radical (unpaired) electrons. The summed E-state index contributed by atoms with van der Waals surface area (Å²) in [4.78, 5) is 8.91. The molecule has 0 aliphatic carbocycles. The number of aromatic hydroxyl groups is 1. The Morgan fingerprint density at radius 1 is 1.03 bits per heavy atom. The topological polar surface area (TPSA) is 99.4 Å². The van der Waals surface area contributed by atoms with Crippen molar-refractivity contribution < 1.29 is 24.1 Å². The molecule has 1 aliphatic heterocycles. The van der Waals surface area contributed by atoms with Crippen molar-refractivity contribution >= 4 is 17.2 Å². The molecule has 0 spiro atoms. The molecular formula is C22H20N4O5. The minimum Gasteiger partial charge on any atom is -0.502 e. The van der Waals surface area contributed by atoms with Crippen LogP contribution in [0.25, 0.3) is 16.9 Å². The van der Waals surface area contributed by atoms with Crippen LogP contribution in [0, 0.1) is 0 Å². The zero-order chi connectivity index (χ0) is 21.4. The summed E-state index contributed by atoms with van der Waals surface area (Å²) in [7, 11) is 2.97. The molecule has 158 valence electrons. The van der Waals surface area contributed by atoms with E-state index < -0.39 is 0 Å². The van der Waals surface area contributed by atoms with Crippen LogP contribution in [0.2, 0.25) is 0 Å². The monoisotopic (exact) mass is 420 g/mol. The third kappa shape index (κ3) is 3.29. The lowest BCUT2D eigenvalue weighted by Gasteiger charge is -2.19. The highest BCUT2D eigenvalue weighted by Gasteiger charge is 2.20. The molecule has 0 atom stereocenters. The Labute approximate surface area is 177 Å². The minimum absolute atomic E-state index is 0.0690. The van der Waals surface area contributed by atoms with Crippen LogP contribution in [0.5, 0.6) is 28.7 Å². The number of imidazole rings is 1. The van der Waals surface area contributed by atoms with E-state index in [9.17, 15) is 5.11 Å². The Balaban J connectivity index is 1.65. The summed E-state index contributed by atoms with van der Waals surface area (Å²) in [6, 6.07) is 9.09. The lowest BCUT2D eigenvalue weighted by atomic mass is 10.1. The first-order valence-corrected chi connectivity index (χ1v) is 9.62. The second kappa shape index (κ2) is 7.60. The van der Waals surface area contributed by atoms with E-state index in [-0.39, 0.29) is 17.2 Å². The number of fused-ring (bicyclic) bond motifs is 2. The molecule has 4 aromatic rings. The first-order chi connectivity index (χ1) is 15.2. The summed E-state index contributed by atoms with van der Waals surface area (Å²) in [6.07, 6.45) is 5.18. The molecule has 1 aliphatic rings. The SMILES string of the molecule is COc1cc(-c2nc3cnccn3c2Nc2ccc3c(c2)OCCO3)cc(OC)c1O. The van der Waals surface area contributed by atoms with Gasteiger partial charge in [0, 0.05) is 29.7 Å². The van der Waals surface area contributed by atoms with E-state index in [0.717, 1.165) is 5.69 Å². The number of nitrogens with zero attached hydrogens (tertiary/aromatic N) is 3. The van der Waals surface area contributed by atoms with E-state index >= 15 is 0 Å². The molecule has 0 amide bonds. The first-order valence-electron chi connectivity index (χ1n) is 9.62. The quantitative estimate of drug-likeness (QED) is 0.505. The molecule has 0 fully saturated rings. The summed E-state index contributed by atoms with van der Waals surface area (Å²) in [5, 5.41) is 13.7. The van der Waals surface area contributed by atoms with Gasteiger partial charge in [0.15, 0.2) is 28.6 Å². The normalized spacial score (nSPS) is 12.6. The summed E-state index contributed by atoms with van der Waals surface area (Å²) >= 11 is 0. The minimum atomic E-state index is -0.0690. The number of aromatic nitrogens is 3. The van der Waals surface area contributed by atoms with Crippen molar-refractivity contribution in [3.05, 3.63) is 48.9 Å². The second-order valence-electron chi connectivity index (χ2n) is 6.83. The Hall–Kier alpha value is -4.14. The summed E-state index contributed by atoms with van der Waals surface area (Å²) in [5.41, 5.74) is 2.81. The predicted octanol–water partition coefficient (Wildman–Crippen LogP) is 3.63. The number of hydrogen-bond donors (Lipinski definition) is 2. The van der Waals surface area contributed by atoms with E-state index in [0.29, 0.717) is 47.4 Å². The van der Waals surface area contributed by atoms with Crippen molar-refractivity contribution in [2.45, 2.75) is 0 Å². The summed E-state index contributed by atoms with van der Waals surface area (Å²) < 4.78 is 23.8. The molecule has 9 nitrogen and oxygen atoms in total. The molecule has 0 saturated heterocycles. The van der Waals surface area contributed by atoms with Crippen molar-refractivity contribution in [3.8, 4) is 40.0 Å². The van der Waals surface area contributed by atoms with E-state index in [1.807, 2.05) is 28.8 Å².